The van der Waals surface area contributed by atoms with Gasteiger partial charge in [-0.05, 0) is 60.4 Å². The molecule has 0 amide bonds. The highest BCUT2D eigenvalue weighted by Crippen LogP contribution is 2.36. The fourth-order valence-corrected chi connectivity index (χ4v) is 6.75. The van der Waals surface area contributed by atoms with Crippen molar-refractivity contribution < 1.29 is 19.3 Å². The van der Waals surface area contributed by atoms with Crippen LogP contribution < -0.4 is 9.47 Å². The molecule has 226 valence electrons. The maximum atomic E-state index is 10.4. The van der Waals surface area contributed by atoms with Gasteiger partial charge in [0.2, 0.25) is 0 Å². The van der Waals surface area contributed by atoms with Crippen molar-refractivity contribution >= 4 is 23.5 Å². The summed E-state index contributed by atoms with van der Waals surface area (Å²) < 4.78 is 17.7. The molecule has 0 aliphatic carbocycles. The van der Waals surface area contributed by atoms with Gasteiger partial charge in [0, 0.05) is 22.7 Å². The molecule has 5 rings (SSSR count). The van der Waals surface area contributed by atoms with Crippen LogP contribution in [0.25, 0.3) is 0 Å². The van der Waals surface area contributed by atoms with Crippen LogP contribution in [0.1, 0.15) is 47.2 Å². The van der Waals surface area contributed by atoms with Gasteiger partial charge >= 0.3 is 0 Å². The Bertz CT molecular complexity index is 1370. The molecule has 4 aromatic rings. The minimum atomic E-state index is -0.512. The molecule has 1 N–H and O–H groups in total. The van der Waals surface area contributed by atoms with Crippen LogP contribution in [0.3, 0.4) is 0 Å². The molecule has 3 atom stereocenters. The Hall–Kier alpha value is -2.90. The van der Waals surface area contributed by atoms with E-state index in [1.807, 2.05) is 36.0 Å². The van der Waals surface area contributed by atoms with Gasteiger partial charge in [0.15, 0.2) is 0 Å². The first-order valence-corrected chi connectivity index (χ1v) is 17.1. The fraction of sp³-hybridized carbons (Fsp3) is 0.351. The normalized spacial score (nSPS) is 17.0. The molecule has 0 aromatic heterocycles. The zero-order valence-corrected chi connectivity index (χ0v) is 27.1. The fourth-order valence-electron chi connectivity index (χ4n) is 4.77. The molecule has 6 heteroatoms. The molecular formula is C37H42O4S2. The van der Waals surface area contributed by atoms with Gasteiger partial charge in [-0.2, -0.15) is 11.8 Å². The molecule has 4 aromatic carbocycles. The standard InChI is InChI=1S/C37H42O4S2/c1-26-5-9-28(10-6-26)23-42-25-32(38)21-39-33-17-13-30(14-18-33)37(3,4)31-15-19-34(20-16-31)40-22-35-36(41-35)43-24-29-11-7-27(2)8-12-29/h5-20,32,35-36,38H,21-25H2,1-4H3. The maximum Gasteiger partial charge on any atom is 0.133 e. The average molecular weight is 615 g/mol. The van der Waals surface area contributed by atoms with Gasteiger partial charge in [0.05, 0.1) is 6.10 Å². The lowest BCUT2D eigenvalue weighted by Gasteiger charge is -2.26. The van der Waals surface area contributed by atoms with Crippen LogP contribution in [0.15, 0.2) is 97.1 Å². The monoisotopic (exact) mass is 614 g/mol. The summed E-state index contributed by atoms with van der Waals surface area (Å²) >= 11 is 3.55. The summed E-state index contributed by atoms with van der Waals surface area (Å²) in [4.78, 5) is 0. The summed E-state index contributed by atoms with van der Waals surface area (Å²) in [5, 5.41) is 10.4. The van der Waals surface area contributed by atoms with Crippen LogP contribution in [0.4, 0.5) is 0 Å². The van der Waals surface area contributed by atoms with E-state index in [2.05, 4.69) is 100 Å². The van der Waals surface area contributed by atoms with Crippen molar-refractivity contribution in [3.8, 4) is 11.5 Å². The van der Waals surface area contributed by atoms with Crippen LogP contribution in [-0.4, -0.2) is 41.7 Å². The van der Waals surface area contributed by atoms with Crippen molar-refractivity contribution in [3.05, 3.63) is 130 Å². The number of thioether (sulfide) groups is 2. The Labute approximate surface area is 265 Å². The summed E-state index contributed by atoms with van der Waals surface area (Å²) in [6.07, 6.45) is -0.368. The van der Waals surface area contributed by atoms with Crippen molar-refractivity contribution in [2.75, 3.05) is 19.0 Å². The number of epoxide rings is 1. The Kier molecular flexibility index (Phi) is 10.8. The first kappa shape index (κ1) is 31.5. The van der Waals surface area contributed by atoms with Gasteiger partial charge in [0.1, 0.15) is 36.3 Å². The highest BCUT2D eigenvalue weighted by molar-refractivity contribution is 7.99. The lowest BCUT2D eigenvalue weighted by molar-refractivity contribution is 0.126. The van der Waals surface area contributed by atoms with Crippen molar-refractivity contribution in [2.24, 2.45) is 0 Å². The predicted octanol–water partition coefficient (Wildman–Crippen LogP) is 8.34. The molecule has 3 unspecified atom stereocenters. The van der Waals surface area contributed by atoms with Crippen LogP contribution in [0, 0.1) is 13.8 Å². The number of ether oxygens (including phenoxy) is 3. The lowest BCUT2D eigenvalue weighted by Crippen LogP contribution is -2.21. The van der Waals surface area contributed by atoms with E-state index in [4.69, 9.17) is 14.2 Å². The van der Waals surface area contributed by atoms with Gasteiger partial charge in [-0.3, -0.25) is 0 Å². The minimum Gasteiger partial charge on any atom is -0.491 e. The topological polar surface area (TPSA) is 51.2 Å². The van der Waals surface area contributed by atoms with E-state index in [9.17, 15) is 5.11 Å². The Morgan fingerprint density at radius 3 is 1.79 bits per heavy atom. The van der Waals surface area contributed by atoms with Gasteiger partial charge in [-0.1, -0.05) is 97.8 Å². The molecule has 0 radical (unpaired) electrons. The summed E-state index contributed by atoms with van der Waals surface area (Å²) in [5.74, 6) is 4.10. The number of aliphatic hydroxyl groups is 1. The average Bonchev–Trinajstić information content (AvgIpc) is 3.78. The maximum absolute atomic E-state index is 10.4. The van der Waals surface area contributed by atoms with Gasteiger partial charge in [-0.25, -0.2) is 0 Å². The summed E-state index contributed by atoms with van der Waals surface area (Å²) in [5.41, 5.74) is 7.58. The molecule has 0 bridgehead atoms. The van der Waals surface area contributed by atoms with E-state index in [0.29, 0.717) is 12.4 Å². The smallest absolute Gasteiger partial charge is 0.133 e. The van der Waals surface area contributed by atoms with Gasteiger partial charge < -0.3 is 19.3 Å². The zero-order valence-electron chi connectivity index (χ0n) is 25.5. The molecule has 1 aliphatic rings. The number of benzene rings is 4. The largest absolute Gasteiger partial charge is 0.491 e. The van der Waals surface area contributed by atoms with Crippen molar-refractivity contribution in [2.45, 2.75) is 62.3 Å². The van der Waals surface area contributed by atoms with E-state index in [1.165, 1.54) is 33.4 Å². The number of hydrogen-bond acceptors (Lipinski definition) is 6. The molecule has 1 aliphatic heterocycles. The van der Waals surface area contributed by atoms with E-state index >= 15 is 0 Å². The van der Waals surface area contributed by atoms with E-state index < -0.39 is 6.10 Å². The Balaban J connectivity index is 1.03. The molecular weight excluding hydrogens is 573 g/mol. The quantitative estimate of drug-likeness (QED) is 0.136. The Morgan fingerprint density at radius 1 is 0.721 bits per heavy atom. The summed E-state index contributed by atoms with van der Waals surface area (Å²) in [6, 6.07) is 33.8. The Morgan fingerprint density at radius 2 is 1.23 bits per heavy atom. The van der Waals surface area contributed by atoms with E-state index in [-0.39, 0.29) is 23.6 Å². The zero-order chi connectivity index (χ0) is 30.2. The number of hydrogen-bond donors (Lipinski definition) is 1. The predicted molar refractivity (Wildman–Crippen MR) is 180 cm³/mol. The third-order valence-corrected chi connectivity index (χ3v) is 10.2. The number of rotatable bonds is 15. The second kappa shape index (κ2) is 14.7. The molecule has 43 heavy (non-hydrogen) atoms. The molecule has 4 nitrogen and oxygen atoms in total. The summed E-state index contributed by atoms with van der Waals surface area (Å²) in [6.45, 7) is 9.49. The third-order valence-electron chi connectivity index (χ3n) is 7.78. The third kappa shape index (κ3) is 9.29. The van der Waals surface area contributed by atoms with E-state index in [0.717, 1.165) is 23.0 Å². The number of aliphatic hydroxyl groups excluding tert-OH is 1. The van der Waals surface area contributed by atoms with Crippen LogP contribution in [0.5, 0.6) is 11.5 Å². The second-order valence-electron chi connectivity index (χ2n) is 11.8. The first-order valence-electron chi connectivity index (χ1n) is 14.9. The van der Waals surface area contributed by atoms with Crippen molar-refractivity contribution in [1.29, 1.82) is 0 Å². The molecule has 0 spiro atoms. The lowest BCUT2D eigenvalue weighted by atomic mass is 9.78. The van der Waals surface area contributed by atoms with Crippen LogP contribution in [0.2, 0.25) is 0 Å². The van der Waals surface area contributed by atoms with Crippen molar-refractivity contribution in [1.82, 2.24) is 0 Å². The van der Waals surface area contributed by atoms with Crippen LogP contribution in [-0.2, 0) is 21.7 Å². The summed E-state index contributed by atoms with van der Waals surface area (Å²) in [7, 11) is 0. The van der Waals surface area contributed by atoms with Crippen LogP contribution >= 0.6 is 23.5 Å². The highest BCUT2D eigenvalue weighted by Gasteiger charge is 2.39. The molecule has 1 saturated heterocycles. The minimum absolute atomic E-state index is 0.144. The number of aryl methyl sites for hydroxylation is 2. The first-order chi connectivity index (χ1) is 20.8. The highest BCUT2D eigenvalue weighted by atomic mass is 32.2. The van der Waals surface area contributed by atoms with Gasteiger partial charge in [-0.15, -0.1) is 11.8 Å². The molecule has 1 fully saturated rings. The second-order valence-corrected chi connectivity index (χ2v) is 13.9. The van der Waals surface area contributed by atoms with Crippen molar-refractivity contribution in [3.63, 3.8) is 0 Å². The SMILES string of the molecule is Cc1ccc(CSCC(O)COc2ccc(C(C)(C)c3ccc(OCC4OC4SCc4ccc(C)cc4)cc3)cc2)cc1. The molecule has 1 heterocycles. The van der Waals surface area contributed by atoms with E-state index in [1.54, 1.807) is 11.8 Å². The molecule has 0 saturated carbocycles. The van der Waals surface area contributed by atoms with Gasteiger partial charge in [0.25, 0.3) is 0 Å².